The lowest BCUT2D eigenvalue weighted by atomic mass is 10.1. The minimum absolute atomic E-state index is 0.0444. The lowest BCUT2D eigenvalue weighted by Gasteiger charge is -2.33. The number of unbranched alkanes of at least 4 members (excludes halogenated alkanes) is 1. The Hall–Kier alpha value is -1.72. The molecule has 2 aromatic rings. The third kappa shape index (κ3) is 3.84. The maximum absolute atomic E-state index is 13.0. The number of ether oxygens (including phenoxy) is 1. The molecule has 1 unspecified atom stereocenters. The second-order valence-electron chi connectivity index (χ2n) is 6.13. The van der Waals surface area contributed by atoms with E-state index < -0.39 is 0 Å². The lowest BCUT2D eigenvalue weighted by molar-refractivity contribution is -0.0227. The molecule has 4 nitrogen and oxygen atoms in total. The monoisotopic (exact) mass is 344 g/mol. The predicted octanol–water partition coefficient (Wildman–Crippen LogP) is 4.01. The molecule has 1 saturated heterocycles. The van der Waals surface area contributed by atoms with Crippen molar-refractivity contribution < 1.29 is 9.53 Å². The lowest BCUT2D eigenvalue weighted by Crippen LogP contribution is -2.42. The van der Waals surface area contributed by atoms with E-state index in [-0.39, 0.29) is 12.0 Å². The average Bonchev–Trinajstić information content (AvgIpc) is 3.01. The minimum Gasteiger partial charge on any atom is -0.370 e. The van der Waals surface area contributed by atoms with Crippen LogP contribution >= 0.6 is 11.3 Å². The molecule has 2 heterocycles. The standard InChI is InChI=1S/C19H24N2O2S/c1-3-4-10-16-18(24-14(2)20-16)19(22)21-11-12-23-17(13-21)15-8-6-5-7-9-15/h5-9,17H,3-4,10-13H2,1-2H3. The van der Waals surface area contributed by atoms with Gasteiger partial charge in [-0.2, -0.15) is 0 Å². The average molecular weight is 344 g/mol. The summed E-state index contributed by atoms with van der Waals surface area (Å²) in [4.78, 5) is 20.3. The van der Waals surface area contributed by atoms with E-state index in [1.54, 1.807) is 0 Å². The molecule has 1 aliphatic heterocycles. The fourth-order valence-corrected chi connectivity index (χ4v) is 3.93. The molecule has 1 atom stereocenters. The molecule has 0 bridgehead atoms. The Bertz CT molecular complexity index is 684. The number of carbonyl (C=O) groups is 1. The Morgan fingerprint density at radius 3 is 2.92 bits per heavy atom. The van der Waals surface area contributed by atoms with E-state index >= 15 is 0 Å². The van der Waals surface area contributed by atoms with Crippen molar-refractivity contribution in [1.29, 1.82) is 0 Å². The van der Waals surface area contributed by atoms with Gasteiger partial charge < -0.3 is 9.64 Å². The van der Waals surface area contributed by atoms with Crippen molar-refractivity contribution in [3.8, 4) is 0 Å². The molecular formula is C19H24N2O2S. The van der Waals surface area contributed by atoms with E-state index in [4.69, 9.17) is 4.74 Å². The zero-order valence-corrected chi connectivity index (χ0v) is 15.1. The van der Waals surface area contributed by atoms with Gasteiger partial charge in [-0.3, -0.25) is 4.79 Å². The Morgan fingerprint density at radius 2 is 2.17 bits per heavy atom. The number of thiazole rings is 1. The highest BCUT2D eigenvalue weighted by Gasteiger charge is 2.28. The smallest absolute Gasteiger partial charge is 0.266 e. The Balaban J connectivity index is 1.75. The Labute approximate surface area is 147 Å². The summed E-state index contributed by atoms with van der Waals surface area (Å²) in [6, 6.07) is 10.1. The van der Waals surface area contributed by atoms with Crippen molar-refractivity contribution in [3.05, 3.63) is 51.5 Å². The van der Waals surface area contributed by atoms with E-state index in [0.717, 1.165) is 40.4 Å². The van der Waals surface area contributed by atoms with Gasteiger partial charge in [0, 0.05) is 6.54 Å². The van der Waals surface area contributed by atoms with Crippen molar-refractivity contribution in [2.75, 3.05) is 19.7 Å². The molecule has 1 amide bonds. The molecule has 5 heteroatoms. The maximum atomic E-state index is 13.0. The van der Waals surface area contributed by atoms with Crippen LogP contribution in [0.4, 0.5) is 0 Å². The van der Waals surface area contributed by atoms with Crippen molar-refractivity contribution in [3.63, 3.8) is 0 Å². The summed E-state index contributed by atoms with van der Waals surface area (Å²) < 4.78 is 5.87. The largest absolute Gasteiger partial charge is 0.370 e. The van der Waals surface area contributed by atoms with E-state index in [2.05, 4.69) is 24.0 Å². The fourth-order valence-electron chi connectivity index (χ4n) is 3.00. The van der Waals surface area contributed by atoms with Crippen LogP contribution in [0, 0.1) is 6.92 Å². The van der Waals surface area contributed by atoms with Crippen molar-refractivity contribution in [1.82, 2.24) is 9.88 Å². The van der Waals surface area contributed by atoms with Crippen LogP contribution in [0.1, 0.15) is 51.8 Å². The number of carbonyl (C=O) groups excluding carboxylic acids is 1. The third-order valence-electron chi connectivity index (χ3n) is 4.29. The Kier molecular flexibility index (Phi) is 5.63. The summed E-state index contributed by atoms with van der Waals surface area (Å²) in [7, 11) is 0. The van der Waals surface area contributed by atoms with Crippen LogP contribution in [-0.2, 0) is 11.2 Å². The summed E-state index contributed by atoms with van der Waals surface area (Å²) >= 11 is 1.52. The molecule has 0 radical (unpaired) electrons. The third-order valence-corrected chi connectivity index (χ3v) is 5.29. The zero-order valence-electron chi connectivity index (χ0n) is 14.3. The van der Waals surface area contributed by atoms with Crippen LogP contribution in [0.2, 0.25) is 0 Å². The maximum Gasteiger partial charge on any atom is 0.266 e. The first-order chi connectivity index (χ1) is 11.7. The predicted molar refractivity (Wildman–Crippen MR) is 96.5 cm³/mol. The van der Waals surface area contributed by atoms with E-state index in [0.29, 0.717) is 19.7 Å². The number of morpholine rings is 1. The number of aromatic nitrogens is 1. The molecule has 1 aliphatic rings. The fraction of sp³-hybridized carbons (Fsp3) is 0.474. The number of benzene rings is 1. The first-order valence-electron chi connectivity index (χ1n) is 8.61. The highest BCUT2D eigenvalue weighted by atomic mass is 32.1. The Morgan fingerprint density at radius 1 is 1.38 bits per heavy atom. The molecule has 1 aromatic heterocycles. The highest BCUT2D eigenvalue weighted by Crippen LogP contribution is 2.26. The van der Waals surface area contributed by atoms with Gasteiger partial charge in [-0.1, -0.05) is 43.7 Å². The van der Waals surface area contributed by atoms with Crippen LogP contribution in [0.15, 0.2) is 30.3 Å². The first-order valence-corrected chi connectivity index (χ1v) is 9.42. The molecule has 0 N–H and O–H groups in total. The molecule has 0 aliphatic carbocycles. The van der Waals surface area contributed by atoms with Gasteiger partial charge in [0.25, 0.3) is 5.91 Å². The van der Waals surface area contributed by atoms with Gasteiger partial charge >= 0.3 is 0 Å². The normalized spacial score (nSPS) is 17.9. The van der Waals surface area contributed by atoms with E-state index in [1.165, 1.54) is 11.3 Å². The van der Waals surface area contributed by atoms with Crippen LogP contribution in [0.25, 0.3) is 0 Å². The summed E-state index contributed by atoms with van der Waals surface area (Å²) in [6.07, 6.45) is 3.02. The van der Waals surface area contributed by atoms with Crippen LogP contribution in [0.5, 0.6) is 0 Å². The SMILES string of the molecule is CCCCc1nc(C)sc1C(=O)N1CCOC(c2ccccc2)C1. The van der Waals surface area contributed by atoms with Gasteiger partial charge in [0.1, 0.15) is 11.0 Å². The molecular weight excluding hydrogens is 320 g/mol. The topological polar surface area (TPSA) is 42.4 Å². The molecule has 0 saturated carbocycles. The number of rotatable bonds is 5. The number of aryl methyl sites for hydroxylation is 2. The van der Waals surface area contributed by atoms with Gasteiger partial charge in [0.15, 0.2) is 0 Å². The first kappa shape index (κ1) is 17.1. The summed E-state index contributed by atoms with van der Waals surface area (Å²) in [5.41, 5.74) is 2.09. The number of nitrogens with zero attached hydrogens (tertiary/aromatic N) is 2. The van der Waals surface area contributed by atoms with Gasteiger partial charge in [-0.15, -0.1) is 11.3 Å². The van der Waals surface area contributed by atoms with Crippen molar-refractivity contribution >= 4 is 17.2 Å². The summed E-state index contributed by atoms with van der Waals surface area (Å²) in [5, 5.41) is 0.970. The summed E-state index contributed by atoms with van der Waals surface area (Å²) in [6.45, 7) is 5.96. The number of amides is 1. The number of hydrogen-bond acceptors (Lipinski definition) is 4. The second-order valence-corrected chi connectivity index (χ2v) is 7.34. The van der Waals surface area contributed by atoms with Crippen LogP contribution in [-0.4, -0.2) is 35.5 Å². The van der Waals surface area contributed by atoms with Crippen molar-refractivity contribution in [2.24, 2.45) is 0 Å². The van der Waals surface area contributed by atoms with Gasteiger partial charge in [-0.25, -0.2) is 4.98 Å². The highest BCUT2D eigenvalue weighted by molar-refractivity contribution is 7.13. The second kappa shape index (κ2) is 7.90. The zero-order chi connectivity index (χ0) is 16.9. The molecule has 3 rings (SSSR count). The van der Waals surface area contributed by atoms with Crippen LogP contribution in [0.3, 0.4) is 0 Å². The van der Waals surface area contributed by atoms with Gasteiger partial charge in [0.05, 0.1) is 23.9 Å². The molecule has 1 aromatic carbocycles. The van der Waals surface area contributed by atoms with E-state index in [1.807, 2.05) is 30.0 Å². The molecule has 24 heavy (non-hydrogen) atoms. The van der Waals surface area contributed by atoms with Crippen molar-refractivity contribution in [2.45, 2.75) is 39.2 Å². The minimum atomic E-state index is -0.0444. The van der Waals surface area contributed by atoms with Crippen LogP contribution < -0.4 is 0 Å². The molecule has 0 spiro atoms. The summed E-state index contributed by atoms with van der Waals surface area (Å²) in [5.74, 6) is 0.107. The quantitative estimate of drug-likeness (QED) is 0.823. The number of hydrogen-bond donors (Lipinski definition) is 0. The molecule has 1 fully saturated rings. The van der Waals surface area contributed by atoms with Gasteiger partial charge in [-0.05, 0) is 25.3 Å². The van der Waals surface area contributed by atoms with Gasteiger partial charge in [0.2, 0.25) is 0 Å². The van der Waals surface area contributed by atoms with E-state index in [9.17, 15) is 4.79 Å². The molecule has 128 valence electrons.